The lowest BCUT2D eigenvalue weighted by atomic mass is 9.92. The van der Waals surface area contributed by atoms with Crippen LogP contribution in [-0.4, -0.2) is 46.0 Å². The first-order valence-corrected chi connectivity index (χ1v) is 12.6. The van der Waals surface area contributed by atoms with Crippen LogP contribution in [0.25, 0.3) is 0 Å². The standard InChI is InChI=1S/C26H29F3N6O/c1-36-21-12-17(9-10-30-21)34-13-15-5-6-16(14-34)24(15)31-26-32-25-19(4-2-3-11-35(25)33-26)18-7-8-20(27)23(29)22(18)28/h7-10,12,15-16,19,24H,2-6,11,13-14H2,1H3,(H,31,33)/t15-,16+,19?,24+. The van der Waals surface area contributed by atoms with E-state index in [1.807, 2.05) is 12.1 Å². The number of halogens is 3. The predicted molar refractivity (Wildman–Crippen MR) is 129 cm³/mol. The second kappa shape index (κ2) is 9.29. The Hall–Kier alpha value is -3.30. The molecule has 2 bridgehead atoms. The maximum atomic E-state index is 14.7. The molecule has 2 aliphatic heterocycles. The number of pyridine rings is 1. The third-order valence-corrected chi connectivity index (χ3v) is 7.99. The van der Waals surface area contributed by atoms with Gasteiger partial charge >= 0.3 is 0 Å². The van der Waals surface area contributed by atoms with Gasteiger partial charge in [0.15, 0.2) is 17.5 Å². The summed E-state index contributed by atoms with van der Waals surface area (Å²) in [6.45, 7) is 2.50. The number of nitrogens with zero attached hydrogens (tertiary/aromatic N) is 5. The number of methoxy groups -OCH3 is 1. The molecule has 1 saturated carbocycles. The number of anilines is 2. The smallest absolute Gasteiger partial charge is 0.242 e. The van der Waals surface area contributed by atoms with Crippen molar-refractivity contribution in [3.05, 3.63) is 59.3 Å². The summed E-state index contributed by atoms with van der Waals surface area (Å²) in [6.07, 6.45) is 6.33. The van der Waals surface area contributed by atoms with Crippen LogP contribution in [-0.2, 0) is 6.54 Å². The normalized spacial score (nSPS) is 25.4. The molecule has 10 heteroatoms. The average Bonchev–Trinajstić information content (AvgIpc) is 3.30. The van der Waals surface area contributed by atoms with Crippen molar-refractivity contribution >= 4 is 11.6 Å². The number of rotatable bonds is 5. The number of fused-ring (bicyclic) bond motifs is 3. The molecule has 1 aliphatic carbocycles. The van der Waals surface area contributed by atoms with Crippen LogP contribution in [0.5, 0.6) is 5.88 Å². The van der Waals surface area contributed by atoms with Gasteiger partial charge < -0.3 is 15.0 Å². The van der Waals surface area contributed by atoms with Crippen LogP contribution in [0.2, 0.25) is 0 Å². The number of ether oxygens (including phenoxy) is 1. The summed E-state index contributed by atoms with van der Waals surface area (Å²) < 4.78 is 49.3. The van der Waals surface area contributed by atoms with Crippen LogP contribution >= 0.6 is 0 Å². The third kappa shape index (κ3) is 4.06. The third-order valence-electron chi connectivity index (χ3n) is 7.99. The maximum Gasteiger partial charge on any atom is 0.242 e. The van der Waals surface area contributed by atoms with Gasteiger partial charge in [-0.25, -0.2) is 22.8 Å². The molecule has 3 aromatic rings. The molecule has 2 fully saturated rings. The van der Waals surface area contributed by atoms with Crippen LogP contribution < -0.4 is 15.0 Å². The number of aryl methyl sites for hydroxylation is 1. The number of aromatic nitrogens is 4. The topological polar surface area (TPSA) is 68.1 Å². The summed E-state index contributed by atoms with van der Waals surface area (Å²) in [5.74, 6) is -1.60. The van der Waals surface area contributed by atoms with Gasteiger partial charge in [-0.05, 0) is 49.7 Å². The number of benzene rings is 1. The van der Waals surface area contributed by atoms with Crippen molar-refractivity contribution < 1.29 is 17.9 Å². The fourth-order valence-corrected chi connectivity index (χ4v) is 6.21. The Morgan fingerprint density at radius 2 is 1.81 bits per heavy atom. The molecular weight excluding hydrogens is 469 g/mol. The molecule has 0 radical (unpaired) electrons. The number of nitrogens with one attached hydrogen (secondary N) is 1. The van der Waals surface area contributed by atoms with E-state index in [-0.39, 0.29) is 11.6 Å². The summed E-state index contributed by atoms with van der Waals surface area (Å²) >= 11 is 0. The van der Waals surface area contributed by atoms with E-state index in [9.17, 15) is 13.2 Å². The van der Waals surface area contributed by atoms with E-state index in [1.54, 1.807) is 18.0 Å². The molecule has 4 atom stereocenters. The highest BCUT2D eigenvalue weighted by atomic mass is 19.2. The van der Waals surface area contributed by atoms with Gasteiger partial charge in [-0.3, -0.25) is 0 Å². The zero-order valence-electron chi connectivity index (χ0n) is 20.1. The Kier molecular flexibility index (Phi) is 5.97. The second-order valence-corrected chi connectivity index (χ2v) is 10.1. The summed E-state index contributed by atoms with van der Waals surface area (Å²) in [5.41, 5.74) is 1.25. The zero-order chi connectivity index (χ0) is 24.8. The summed E-state index contributed by atoms with van der Waals surface area (Å²) in [4.78, 5) is 11.4. The molecule has 0 spiro atoms. The van der Waals surface area contributed by atoms with Crippen molar-refractivity contribution in [2.24, 2.45) is 11.8 Å². The first kappa shape index (κ1) is 23.1. The van der Waals surface area contributed by atoms with E-state index in [4.69, 9.17) is 14.8 Å². The molecule has 1 N–H and O–H groups in total. The molecule has 36 heavy (non-hydrogen) atoms. The predicted octanol–water partition coefficient (Wildman–Crippen LogP) is 4.74. The zero-order valence-corrected chi connectivity index (χ0v) is 20.1. The van der Waals surface area contributed by atoms with Crippen LogP contribution in [0, 0.1) is 29.3 Å². The molecule has 1 aromatic carbocycles. The SMILES string of the molecule is COc1cc(N2C[C@H]3CC[C@@H](C2)[C@H]3Nc2nc3n(n2)CCCCC3c2ccc(F)c(F)c2F)ccn1. The average molecular weight is 499 g/mol. The quantitative estimate of drug-likeness (QED) is 0.513. The number of hydrogen-bond acceptors (Lipinski definition) is 6. The molecule has 1 saturated heterocycles. The number of hydrogen-bond donors (Lipinski definition) is 1. The number of piperidine rings is 1. The van der Waals surface area contributed by atoms with E-state index < -0.39 is 23.4 Å². The van der Waals surface area contributed by atoms with Crippen molar-refractivity contribution in [2.45, 2.75) is 50.6 Å². The Morgan fingerprint density at radius 3 is 2.58 bits per heavy atom. The lowest BCUT2D eigenvalue weighted by Crippen LogP contribution is -2.48. The first-order chi connectivity index (χ1) is 17.5. The summed E-state index contributed by atoms with van der Waals surface area (Å²) in [6, 6.07) is 6.55. The minimum Gasteiger partial charge on any atom is -0.481 e. The molecule has 2 aromatic heterocycles. The molecule has 6 rings (SSSR count). The van der Waals surface area contributed by atoms with Crippen LogP contribution in [0.15, 0.2) is 30.5 Å². The lowest BCUT2D eigenvalue weighted by Gasteiger charge is -2.39. The largest absolute Gasteiger partial charge is 0.481 e. The minimum absolute atomic E-state index is 0.136. The fraction of sp³-hybridized carbons (Fsp3) is 0.500. The molecule has 1 unspecified atom stereocenters. The molecule has 0 amide bonds. The lowest BCUT2D eigenvalue weighted by molar-refractivity contribution is 0.374. The van der Waals surface area contributed by atoms with Gasteiger partial charge in [0.05, 0.1) is 7.11 Å². The van der Waals surface area contributed by atoms with Gasteiger partial charge in [-0.15, -0.1) is 5.10 Å². The maximum absolute atomic E-state index is 14.7. The van der Waals surface area contributed by atoms with Crippen LogP contribution in [0.1, 0.15) is 49.4 Å². The fourth-order valence-electron chi connectivity index (χ4n) is 6.21. The van der Waals surface area contributed by atoms with E-state index in [0.29, 0.717) is 42.5 Å². The Labute approximate surface area is 207 Å². The molecule has 190 valence electrons. The van der Waals surface area contributed by atoms with Gasteiger partial charge in [0, 0.05) is 55.1 Å². The first-order valence-electron chi connectivity index (χ1n) is 12.6. The van der Waals surface area contributed by atoms with Gasteiger partial charge in [-0.1, -0.05) is 12.5 Å². The van der Waals surface area contributed by atoms with E-state index in [1.165, 1.54) is 6.07 Å². The summed E-state index contributed by atoms with van der Waals surface area (Å²) in [7, 11) is 1.62. The van der Waals surface area contributed by atoms with Crippen molar-refractivity contribution in [2.75, 3.05) is 30.4 Å². The van der Waals surface area contributed by atoms with Gasteiger partial charge in [0.1, 0.15) is 5.82 Å². The minimum atomic E-state index is -1.43. The second-order valence-electron chi connectivity index (χ2n) is 10.1. The molecule has 3 aliphatic rings. The molecule has 7 nitrogen and oxygen atoms in total. The highest BCUT2D eigenvalue weighted by Crippen LogP contribution is 2.41. The van der Waals surface area contributed by atoms with Crippen LogP contribution in [0.3, 0.4) is 0 Å². The van der Waals surface area contributed by atoms with Gasteiger partial charge in [-0.2, -0.15) is 4.98 Å². The van der Waals surface area contributed by atoms with Crippen LogP contribution in [0.4, 0.5) is 24.8 Å². The van der Waals surface area contributed by atoms with E-state index in [0.717, 1.165) is 50.5 Å². The Bertz CT molecular complexity index is 1250. The highest BCUT2D eigenvalue weighted by molar-refractivity contribution is 5.49. The summed E-state index contributed by atoms with van der Waals surface area (Å²) in [5, 5.41) is 8.30. The van der Waals surface area contributed by atoms with Gasteiger partial charge in [0.25, 0.3) is 0 Å². The van der Waals surface area contributed by atoms with E-state index >= 15 is 0 Å². The van der Waals surface area contributed by atoms with Crippen molar-refractivity contribution in [3.63, 3.8) is 0 Å². The van der Waals surface area contributed by atoms with Gasteiger partial charge in [0.2, 0.25) is 11.8 Å². The Balaban J connectivity index is 1.23. The van der Waals surface area contributed by atoms with Crippen molar-refractivity contribution in [1.29, 1.82) is 0 Å². The van der Waals surface area contributed by atoms with Crippen molar-refractivity contribution in [3.8, 4) is 5.88 Å². The van der Waals surface area contributed by atoms with E-state index in [2.05, 4.69) is 15.2 Å². The molecule has 4 heterocycles. The van der Waals surface area contributed by atoms with Crippen molar-refractivity contribution in [1.82, 2.24) is 19.7 Å². The monoisotopic (exact) mass is 498 g/mol. The highest BCUT2D eigenvalue weighted by Gasteiger charge is 2.43. The molecular formula is C26H29F3N6O. The Morgan fingerprint density at radius 1 is 1.00 bits per heavy atom.